The molecule has 2 aliphatic heterocycles. The molecule has 0 radical (unpaired) electrons. The second-order valence-corrected chi connectivity index (χ2v) is 9.47. The van der Waals surface area contributed by atoms with Gasteiger partial charge in [0.15, 0.2) is 0 Å². The van der Waals surface area contributed by atoms with Crippen molar-refractivity contribution < 1.29 is 13.2 Å². The number of hydrogen-bond donors (Lipinski definition) is 1. The Morgan fingerprint density at radius 3 is 2.29 bits per heavy atom. The lowest BCUT2D eigenvalue weighted by Crippen LogP contribution is -2.35. The number of hydrogen-bond acceptors (Lipinski definition) is 5. The van der Waals surface area contributed by atoms with Crippen molar-refractivity contribution in [2.45, 2.75) is 36.6 Å². The van der Waals surface area contributed by atoms with Gasteiger partial charge < -0.3 is 15.5 Å². The maximum absolute atomic E-state index is 13.1. The van der Waals surface area contributed by atoms with Crippen LogP contribution in [0, 0.1) is 0 Å². The van der Waals surface area contributed by atoms with Crippen LogP contribution in [-0.4, -0.2) is 69.8 Å². The summed E-state index contributed by atoms with van der Waals surface area (Å²) in [4.78, 5) is 17.2. The summed E-state index contributed by atoms with van der Waals surface area (Å²) in [6, 6.07) is 4.91. The predicted molar refractivity (Wildman–Crippen MR) is 116 cm³/mol. The first kappa shape index (κ1) is 25.0. The second-order valence-electron chi connectivity index (χ2n) is 7.31. The van der Waals surface area contributed by atoms with E-state index in [9.17, 15) is 13.2 Å². The van der Waals surface area contributed by atoms with Gasteiger partial charge in [-0.1, -0.05) is 0 Å². The highest BCUT2D eigenvalue weighted by Crippen LogP contribution is 2.29. The zero-order valence-electron chi connectivity index (χ0n) is 16.3. The largest absolute Gasteiger partial charge is 0.371 e. The monoisotopic (exact) mass is 452 g/mol. The fourth-order valence-electron chi connectivity index (χ4n) is 3.61. The highest BCUT2D eigenvalue weighted by atomic mass is 35.5. The van der Waals surface area contributed by atoms with Gasteiger partial charge in [0.05, 0.1) is 10.5 Å². The molecule has 1 amide bonds. The topological polar surface area (TPSA) is 87.0 Å². The number of carbonyl (C=O) groups is 1. The molecule has 1 atom stereocenters. The molecule has 2 aliphatic rings. The Morgan fingerprint density at radius 1 is 1.11 bits per heavy atom. The molecule has 2 saturated heterocycles. The van der Waals surface area contributed by atoms with E-state index in [0.29, 0.717) is 18.7 Å². The number of halogens is 2. The van der Waals surface area contributed by atoms with E-state index < -0.39 is 10.0 Å². The summed E-state index contributed by atoms with van der Waals surface area (Å²) >= 11 is 0. The molecule has 2 N–H and O–H groups in total. The van der Waals surface area contributed by atoms with Gasteiger partial charge in [0.1, 0.15) is 0 Å². The molecule has 10 heteroatoms. The molecule has 0 aromatic heterocycles. The van der Waals surface area contributed by atoms with Gasteiger partial charge >= 0.3 is 0 Å². The van der Waals surface area contributed by atoms with Gasteiger partial charge in [-0.25, -0.2) is 12.7 Å². The van der Waals surface area contributed by atoms with Crippen molar-refractivity contribution in [2.75, 3.05) is 45.2 Å². The zero-order chi connectivity index (χ0) is 18.9. The molecule has 28 heavy (non-hydrogen) atoms. The van der Waals surface area contributed by atoms with Crippen LogP contribution in [-0.2, 0) is 10.0 Å². The summed E-state index contributed by atoms with van der Waals surface area (Å²) in [5.41, 5.74) is 7.24. The van der Waals surface area contributed by atoms with Gasteiger partial charge in [-0.05, 0) is 43.9 Å². The Hall–Kier alpha value is -1.06. The first-order chi connectivity index (χ1) is 12.3. The molecule has 2 heterocycles. The third kappa shape index (κ3) is 5.10. The first-order valence-electron chi connectivity index (χ1n) is 9.17. The van der Waals surface area contributed by atoms with Gasteiger partial charge in [-0.3, -0.25) is 4.79 Å². The number of carbonyl (C=O) groups excluding carboxylic acids is 1. The number of anilines is 1. The number of benzene rings is 1. The normalized spacial score (nSPS) is 19.9. The minimum atomic E-state index is -3.60. The third-order valence-electron chi connectivity index (χ3n) is 5.19. The summed E-state index contributed by atoms with van der Waals surface area (Å²) in [6.07, 6.45) is 4.13. The highest BCUT2D eigenvalue weighted by molar-refractivity contribution is 7.89. The van der Waals surface area contributed by atoms with Gasteiger partial charge in [0.2, 0.25) is 10.0 Å². The molecule has 1 aromatic rings. The standard InChI is InChI=1S/C18H28N4O3S.2ClH/c1-20(2)26(24,25)15-6-7-17(21-9-4-3-5-10-21)16(12-15)18(23)22-11-8-14(19)13-22;;/h6-7,12,14H,3-5,8-11,13,19H2,1-2H3;2*1H/t14-;;/m1../s1. The molecule has 160 valence electrons. The summed E-state index contributed by atoms with van der Waals surface area (Å²) < 4.78 is 26.2. The van der Waals surface area contributed by atoms with E-state index in [1.807, 2.05) is 0 Å². The minimum Gasteiger partial charge on any atom is -0.371 e. The Morgan fingerprint density at radius 2 is 1.75 bits per heavy atom. The lowest BCUT2D eigenvalue weighted by molar-refractivity contribution is 0.0791. The van der Waals surface area contributed by atoms with Crippen molar-refractivity contribution in [3.63, 3.8) is 0 Å². The van der Waals surface area contributed by atoms with Crippen molar-refractivity contribution in [1.82, 2.24) is 9.21 Å². The van der Waals surface area contributed by atoms with Crippen LogP contribution in [0.3, 0.4) is 0 Å². The maximum atomic E-state index is 13.1. The molecule has 0 saturated carbocycles. The molecular weight excluding hydrogens is 423 g/mol. The van der Waals surface area contributed by atoms with Crippen LogP contribution in [0.1, 0.15) is 36.0 Å². The molecule has 0 spiro atoms. The fraction of sp³-hybridized carbons (Fsp3) is 0.611. The van der Waals surface area contributed by atoms with Crippen molar-refractivity contribution in [1.29, 1.82) is 0 Å². The van der Waals surface area contributed by atoms with Crippen LogP contribution in [0.4, 0.5) is 5.69 Å². The first-order valence-corrected chi connectivity index (χ1v) is 10.6. The van der Waals surface area contributed by atoms with Gasteiger partial charge in [-0.15, -0.1) is 24.8 Å². The predicted octanol–water partition coefficient (Wildman–Crippen LogP) is 1.94. The highest BCUT2D eigenvalue weighted by Gasteiger charge is 2.29. The summed E-state index contributed by atoms with van der Waals surface area (Å²) in [7, 11) is -0.605. The average molecular weight is 453 g/mol. The number of piperidine rings is 1. The summed E-state index contributed by atoms with van der Waals surface area (Å²) in [5, 5.41) is 0. The number of nitrogens with two attached hydrogens (primary N) is 1. The van der Waals surface area contributed by atoms with E-state index >= 15 is 0 Å². The smallest absolute Gasteiger partial charge is 0.256 e. The molecule has 1 aromatic carbocycles. The number of amides is 1. The van der Waals surface area contributed by atoms with E-state index in [-0.39, 0.29) is 41.7 Å². The SMILES string of the molecule is CN(C)S(=O)(=O)c1ccc(N2CCCCC2)c(C(=O)N2CC[C@@H](N)C2)c1.Cl.Cl. The van der Waals surface area contributed by atoms with Crippen LogP contribution in [0.2, 0.25) is 0 Å². The Bertz CT molecular complexity index is 783. The zero-order valence-corrected chi connectivity index (χ0v) is 18.8. The van der Waals surface area contributed by atoms with Gasteiger partial charge in [-0.2, -0.15) is 0 Å². The van der Waals surface area contributed by atoms with Crippen LogP contribution in [0.5, 0.6) is 0 Å². The molecule has 0 aliphatic carbocycles. The summed E-state index contributed by atoms with van der Waals surface area (Å²) in [6.45, 7) is 2.91. The van der Waals surface area contributed by atoms with Gasteiger partial charge in [0.25, 0.3) is 5.91 Å². The van der Waals surface area contributed by atoms with E-state index in [4.69, 9.17) is 5.73 Å². The number of nitrogens with zero attached hydrogens (tertiary/aromatic N) is 3. The average Bonchev–Trinajstić information content (AvgIpc) is 3.07. The number of sulfonamides is 1. The van der Waals surface area contributed by atoms with Gasteiger partial charge in [0, 0.05) is 52.0 Å². The van der Waals surface area contributed by atoms with Crippen LogP contribution < -0.4 is 10.6 Å². The van der Waals surface area contributed by atoms with Crippen LogP contribution in [0.15, 0.2) is 23.1 Å². The summed E-state index contributed by atoms with van der Waals surface area (Å²) in [5.74, 6) is -0.130. The third-order valence-corrected chi connectivity index (χ3v) is 7.00. The van der Waals surface area contributed by atoms with Crippen LogP contribution >= 0.6 is 24.8 Å². The lowest BCUT2D eigenvalue weighted by Gasteiger charge is -2.31. The van der Waals surface area contributed by atoms with Crippen LogP contribution in [0.25, 0.3) is 0 Å². The molecule has 3 rings (SSSR count). The Labute approximate surface area is 180 Å². The molecule has 2 fully saturated rings. The number of likely N-dealkylation sites (tertiary alicyclic amines) is 1. The lowest BCUT2D eigenvalue weighted by atomic mass is 10.1. The van der Waals surface area contributed by atoms with Crippen molar-refractivity contribution >= 4 is 46.4 Å². The molecule has 7 nitrogen and oxygen atoms in total. The fourth-order valence-corrected chi connectivity index (χ4v) is 4.54. The maximum Gasteiger partial charge on any atom is 0.256 e. The van der Waals surface area contributed by atoms with Crippen molar-refractivity contribution in [3.8, 4) is 0 Å². The van der Waals surface area contributed by atoms with Crippen molar-refractivity contribution in [2.24, 2.45) is 5.73 Å². The second kappa shape index (κ2) is 10.1. The van der Waals surface area contributed by atoms with E-state index in [2.05, 4.69) is 4.90 Å². The minimum absolute atomic E-state index is 0. The quantitative estimate of drug-likeness (QED) is 0.753. The Balaban J connectivity index is 0.00000196. The van der Waals surface area contributed by atoms with Crippen molar-refractivity contribution in [3.05, 3.63) is 23.8 Å². The molecule has 0 unspecified atom stereocenters. The van der Waals surface area contributed by atoms with E-state index in [1.54, 1.807) is 17.0 Å². The van der Waals surface area contributed by atoms with E-state index in [1.165, 1.54) is 30.9 Å². The molecule has 0 bridgehead atoms. The molecular formula is C18H30Cl2N4O3S. The number of rotatable bonds is 4. The Kier molecular flexibility index (Phi) is 9.02. The van der Waals surface area contributed by atoms with E-state index in [0.717, 1.165) is 38.0 Å².